The minimum atomic E-state index is 0. The molecule has 5 aromatic rings. The summed E-state index contributed by atoms with van der Waals surface area (Å²) in [7, 11) is 0. The van der Waals surface area contributed by atoms with E-state index in [1.165, 1.54) is 61.0 Å². The Labute approximate surface area is 288 Å². The molecule has 1 aliphatic carbocycles. The second-order valence-corrected chi connectivity index (χ2v) is 13.0. The van der Waals surface area contributed by atoms with Crippen LogP contribution in [0.1, 0.15) is 45.2 Å². The first-order chi connectivity index (χ1) is 19.2. The van der Waals surface area contributed by atoms with Crippen LogP contribution in [0, 0.1) is 17.4 Å². The SMILES string of the molecule is CCC1[C-]=CC(C(C)(C)C)=C1.Clc1cccc([C](=[Zr+2])c2cccc(Cl)c2)c1.[Cl-].[Cl-].c1ccc2c(c1)[cH-]c1ccccc12. The Morgan fingerprint density at radius 1 is 0.762 bits per heavy atom. The van der Waals surface area contributed by atoms with Crippen molar-refractivity contribution in [3.05, 3.63) is 148 Å². The van der Waals surface area contributed by atoms with Crippen LogP contribution in [0.2, 0.25) is 10.0 Å². The molecule has 5 aromatic carbocycles. The van der Waals surface area contributed by atoms with Gasteiger partial charge in [-0.25, -0.2) is 6.08 Å². The molecule has 0 amide bonds. The van der Waals surface area contributed by atoms with E-state index in [0.29, 0.717) is 11.3 Å². The molecule has 1 aliphatic rings. The molecule has 0 heterocycles. The van der Waals surface area contributed by atoms with Gasteiger partial charge < -0.3 is 24.8 Å². The zero-order chi connectivity index (χ0) is 28.7. The molecule has 0 nitrogen and oxygen atoms in total. The number of halogens is 4. The van der Waals surface area contributed by atoms with Crippen molar-refractivity contribution in [3.8, 4) is 0 Å². The summed E-state index contributed by atoms with van der Waals surface area (Å²) in [5.41, 5.74) is 4.06. The number of benzene rings is 4. The van der Waals surface area contributed by atoms with Crippen LogP contribution in [-0.4, -0.2) is 3.21 Å². The summed E-state index contributed by atoms with van der Waals surface area (Å²) in [6.07, 6.45) is 9.00. The normalized spacial score (nSPS) is 13.6. The van der Waals surface area contributed by atoms with Crippen LogP contribution < -0.4 is 24.8 Å². The third-order valence-electron chi connectivity index (χ3n) is 6.89. The Morgan fingerprint density at radius 3 is 1.62 bits per heavy atom. The standard InChI is InChI=1S/C13H8Cl2.C13H9.C11H17.2ClH.Zr/c14-12-5-1-3-10(8-12)7-11-4-2-6-13(15)9-11;1-3-7-12-10(5-1)9-11-6-2-4-8-13(11)12;1-5-9-6-7-10(8-9)11(2,3)4;;;/h1-6,8-9H;1-9H;7-9H,5H2,1-4H3;2*1H;/q;2*-1;;;+2/p-2. The zero-order valence-corrected chi connectivity index (χ0v) is 29.7. The van der Waals surface area contributed by atoms with Crippen molar-refractivity contribution < 1.29 is 49.0 Å². The fraction of sp³-hybridized carbons (Fsp3) is 0.189. The maximum atomic E-state index is 5.98. The quantitative estimate of drug-likeness (QED) is 0.227. The fourth-order valence-electron chi connectivity index (χ4n) is 4.57. The second-order valence-electron chi connectivity index (χ2n) is 10.9. The van der Waals surface area contributed by atoms with Gasteiger partial charge in [0, 0.05) is 0 Å². The van der Waals surface area contributed by atoms with Crippen LogP contribution in [0.25, 0.3) is 21.5 Å². The van der Waals surface area contributed by atoms with Crippen LogP contribution in [-0.2, 0) is 24.2 Å². The fourth-order valence-corrected chi connectivity index (χ4v) is 5.72. The van der Waals surface area contributed by atoms with Gasteiger partial charge in [-0.05, 0) is 0 Å². The average molecular weight is 712 g/mol. The van der Waals surface area contributed by atoms with Crippen molar-refractivity contribution in [2.45, 2.75) is 34.1 Å². The van der Waals surface area contributed by atoms with Gasteiger partial charge in [-0.3, -0.25) is 6.08 Å². The van der Waals surface area contributed by atoms with Gasteiger partial charge in [0.2, 0.25) is 0 Å². The van der Waals surface area contributed by atoms with Crippen molar-refractivity contribution in [1.29, 1.82) is 0 Å². The summed E-state index contributed by atoms with van der Waals surface area (Å²) in [5.74, 6) is 0.573. The first kappa shape index (κ1) is 36.3. The van der Waals surface area contributed by atoms with Crippen molar-refractivity contribution in [3.63, 3.8) is 0 Å². The molecule has 0 bridgehead atoms. The van der Waals surface area contributed by atoms with E-state index in [9.17, 15) is 0 Å². The molecular formula is C37H34Cl4Zr-2. The van der Waals surface area contributed by atoms with Gasteiger partial charge in [-0.15, -0.1) is 39.7 Å². The van der Waals surface area contributed by atoms with E-state index >= 15 is 0 Å². The van der Waals surface area contributed by atoms with Crippen LogP contribution in [0.15, 0.2) is 121 Å². The zero-order valence-electron chi connectivity index (χ0n) is 24.3. The van der Waals surface area contributed by atoms with Crippen molar-refractivity contribution >= 4 is 48.0 Å². The molecule has 216 valence electrons. The van der Waals surface area contributed by atoms with Gasteiger partial charge in [-0.1, -0.05) is 81.8 Å². The van der Waals surface area contributed by atoms with Gasteiger partial charge in [-0.2, -0.15) is 11.6 Å². The summed E-state index contributed by atoms with van der Waals surface area (Å²) in [6, 6.07) is 35.1. The molecule has 0 radical (unpaired) electrons. The number of rotatable bonds is 3. The summed E-state index contributed by atoms with van der Waals surface area (Å²) in [6.45, 7) is 8.94. The van der Waals surface area contributed by atoms with E-state index in [1.54, 1.807) is 0 Å². The van der Waals surface area contributed by atoms with E-state index in [-0.39, 0.29) is 24.8 Å². The third-order valence-corrected chi connectivity index (χ3v) is 8.78. The molecule has 0 spiro atoms. The van der Waals surface area contributed by atoms with Crippen LogP contribution in [0.3, 0.4) is 0 Å². The number of fused-ring (bicyclic) bond motifs is 3. The molecule has 42 heavy (non-hydrogen) atoms. The van der Waals surface area contributed by atoms with E-state index in [2.05, 4.69) is 113 Å². The van der Waals surface area contributed by atoms with Crippen molar-refractivity contribution in [2.24, 2.45) is 11.3 Å². The minimum absolute atomic E-state index is 0. The van der Waals surface area contributed by atoms with Gasteiger partial charge in [0.25, 0.3) is 0 Å². The van der Waals surface area contributed by atoms with Crippen molar-refractivity contribution in [2.75, 3.05) is 0 Å². The average Bonchev–Trinajstić information content (AvgIpc) is 3.59. The van der Waals surface area contributed by atoms with Gasteiger partial charge in [0.05, 0.1) is 0 Å². The topological polar surface area (TPSA) is 0 Å². The Balaban J connectivity index is 0.000000219. The molecular weight excluding hydrogens is 677 g/mol. The van der Waals surface area contributed by atoms with Gasteiger partial charge in [0.1, 0.15) is 0 Å². The largest absolute Gasteiger partial charge is 1.00 e. The van der Waals surface area contributed by atoms with E-state index in [4.69, 9.17) is 23.2 Å². The third kappa shape index (κ3) is 9.84. The molecule has 0 fully saturated rings. The predicted molar refractivity (Wildman–Crippen MR) is 172 cm³/mol. The molecule has 0 aliphatic heterocycles. The van der Waals surface area contributed by atoms with Crippen LogP contribution >= 0.6 is 23.2 Å². The molecule has 5 heteroatoms. The summed E-state index contributed by atoms with van der Waals surface area (Å²) in [4.78, 5) is 0. The Morgan fingerprint density at radius 2 is 1.24 bits per heavy atom. The number of hydrogen-bond donors (Lipinski definition) is 0. The van der Waals surface area contributed by atoms with Gasteiger partial charge >= 0.3 is 120 Å². The van der Waals surface area contributed by atoms with Crippen LogP contribution in [0.4, 0.5) is 0 Å². The molecule has 1 unspecified atom stereocenters. The Bertz CT molecular complexity index is 1570. The molecule has 0 aromatic heterocycles. The molecule has 1 atom stereocenters. The first-order valence-electron chi connectivity index (χ1n) is 13.6. The minimum Gasteiger partial charge on any atom is -1.00 e. The summed E-state index contributed by atoms with van der Waals surface area (Å²) in [5, 5.41) is 6.92. The van der Waals surface area contributed by atoms with Crippen molar-refractivity contribution in [1.82, 2.24) is 0 Å². The number of allylic oxidation sites excluding steroid dienone is 4. The van der Waals surface area contributed by atoms with E-state index in [0.717, 1.165) is 21.2 Å². The van der Waals surface area contributed by atoms with E-state index < -0.39 is 0 Å². The number of hydrogen-bond acceptors (Lipinski definition) is 0. The first-order valence-corrected chi connectivity index (χ1v) is 15.6. The predicted octanol–water partition coefficient (Wildman–Crippen LogP) is 5.19. The smallest absolute Gasteiger partial charge is 0.0771 e. The van der Waals surface area contributed by atoms with Crippen LogP contribution in [0.5, 0.6) is 0 Å². The summed E-state index contributed by atoms with van der Waals surface area (Å²) < 4.78 is 1.26. The molecule has 6 rings (SSSR count). The molecule has 0 saturated heterocycles. The Kier molecular flexibility index (Phi) is 14.6. The molecule has 0 saturated carbocycles. The maximum Gasteiger partial charge on any atom is -0.0771 e. The summed E-state index contributed by atoms with van der Waals surface area (Å²) >= 11 is 13.3. The monoisotopic (exact) mass is 708 g/mol. The Hall–Kier alpha value is -1.86. The van der Waals surface area contributed by atoms with E-state index in [1.807, 2.05) is 36.4 Å². The second kappa shape index (κ2) is 16.8. The van der Waals surface area contributed by atoms with Gasteiger partial charge in [0.15, 0.2) is 0 Å². The maximum absolute atomic E-state index is 5.98. The molecule has 0 N–H and O–H groups in total.